The molecule has 0 N–H and O–H groups in total. The second-order valence-electron chi connectivity index (χ2n) is 6.22. The van der Waals surface area contributed by atoms with E-state index < -0.39 is 0 Å². The van der Waals surface area contributed by atoms with E-state index in [1.165, 1.54) is 11.3 Å². The van der Waals surface area contributed by atoms with Crippen molar-refractivity contribution < 1.29 is 4.79 Å². The summed E-state index contributed by atoms with van der Waals surface area (Å²) in [7, 11) is 0. The number of carbonyl (C=O) groups excluding carboxylic acids is 1. The molecule has 0 aliphatic carbocycles. The number of rotatable bonds is 4. The highest BCUT2D eigenvalue weighted by Crippen LogP contribution is 2.43. The minimum atomic E-state index is -0.203. The summed E-state index contributed by atoms with van der Waals surface area (Å²) < 4.78 is 1.92. The number of hydrogen-bond acceptors (Lipinski definition) is 6. The quantitative estimate of drug-likeness (QED) is 0.510. The summed E-state index contributed by atoms with van der Waals surface area (Å²) in [6.07, 6.45) is 0. The molecule has 1 fully saturated rings. The molecule has 3 heterocycles. The van der Waals surface area contributed by atoms with E-state index in [0.717, 1.165) is 22.6 Å². The molecule has 1 aliphatic heterocycles. The van der Waals surface area contributed by atoms with Crippen molar-refractivity contribution in [3.63, 3.8) is 0 Å². The molecule has 4 aromatic rings. The molecular weight excluding hydrogens is 390 g/mol. The Morgan fingerprint density at radius 2 is 1.75 bits per heavy atom. The van der Waals surface area contributed by atoms with Gasteiger partial charge in [0.25, 0.3) is 0 Å². The minimum absolute atomic E-state index is 0.0359. The molecule has 8 heteroatoms. The van der Waals surface area contributed by atoms with Crippen molar-refractivity contribution in [2.24, 2.45) is 0 Å². The van der Waals surface area contributed by atoms with E-state index in [0.29, 0.717) is 10.9 Å². The first-order valence-corrected chi connectivity index (χ1v) is 10.6. The van der Waals surface area contributed by atoms with Crippen molar-refractivity contribution >= 4 is 34.1 Å². The van der Waals surface area contributed by atoms with Gasteiger partial charge in [-0.1, -0.05) is 59.9 Å². The maximum absolute atomic E-state index is 12.6. The number of hydrogen-bond donors (Lipinski definition) is 0. The van der Waals surface area contributed by atoms with Crippen LogP contribution in [0.1, 0.15) is 11.1 Å². The van der Waals surface area contributed by atoms with Crippen LogP contribution in [0.5, 0.6) is 0 Å². The zero-order chi connectivity index (χ0) is 18.9. The van der Waals surface area contributed by atoms with Gasteiger partial charge >= 0.3 is 0 Å². The number of anilines is 1. The topological polar surface area (TPSA) is 63.9 Å². The molecule has 1 amide bonds. The van der Waals surface area contributed by atoms with Crippen molar-refractivity contribution in [3.05, 3.63) is 77.9 Å². The van der Waals surface area contributed by atoms with E-state index in [9.17, 15) is 4.79 Å². The average molecular weight is 406 g/mol. The van der Waals surface area contributed by atoms with Gasteiger partial charge in [-0.05, 0) is 18.2 Å². The van der Waals surface area contributed by atoms with E-state index in [4.69, 9.17) is 5.10 Å². The molecule has 2 aromatic heterocycles. The number of carbonyl (C=O) groups is 1. The molecule has 1 unspecified atom stereocenters. The van der Waals surface area contributed by atoms with E-state index in [1.807, 2.05) is 65.3 Å². The molecule has 28 heavy (non-hydrogen) atoms. The highest BCUT2D eigenvalue weighted by molar-refractivity contribution is 8.00. The summed E-state index contributed by atoms with van der Waals surface area (Å²) in [5.41, 5.74) is 5.45. The van der Waals surface area contributed by atoms with Crippen LogP contribution in [0, 0.1) is 0 Å². The molecule has 0 saturated carbocycles. The zero-order valence-corrected chi connectivity index (χ0v) is 16.3. The number of thioether (sulfide) groups is 1. The number of para-hydroxylation sites is 1. The minimum Gasteiger partial charge on any atom is -0.273 e. The maximum atomic E-state index is 12.6. The van der Waals surface area contributed by atoms with Crippen molar-refractivity contribution in [3.8, 4) is 16.9 Å². The van der Waals surface area contributed by atoms with Gasteiger partial charge in [0, 0.05) is 5.56 Å². The lowest BCUT2D eigenvalue weighted by atomic mass is 10.1. The van der Waals surface area contributed by atoms with Crippen molar-refractivity contribution in [1.82, 2.24) is 20.0 Å². The van der Waals surface area contributed by atoms with Gasteiger partial charge in [0.15, 0.2) is 0 Å². The van der Waals surface area contributed by atoms with Crippen LogP contribution in [0.25, 0.3) is 16.9 Å². The Balaban J connectivity index is 1.65. The van der Waals surface area contributed by atoms with Crippen LogP contribution in [0.2, 0.25) is 0 Å². The molecule has 2 aromatic carbocycles. The lowest BCUT2D eigenvalue weighted by molar-refractivity contribution is -0.115. The first-order chi connectivity index (χ1) is 13.8. The number of benzene rings is 2. The lowest BCUT2D eigenvalue weighted by Crippen LogP contribution is -2.28. The van der Waals surface area contributed by atoms with Gasteiger partial charge < -0.3 is 0 Å². The standard InChI is InChI=1S/C20H15N5OS2/c26-18-12-27-19(24(18)20-22-21-13-28-20)17-11-16(14-7-3-1-4-8-14)23-25(17)15-9-5-2-6-10-15/h1-11,13,19H,12H2. The predicted octanol–water partition coefficient (Wildman–Crippen LogP) is 4.17. The molecule has 5 rings (SSSR count). The number of amides is 1. The van der Waals surface area contributed by atoms with Gasteiger partial charge in [0.05, 0.1) is 22.8 Å². The van der Waals surface area contributed by atoms with Crippen LogP contribution in [0.3, 0.4) is 0 Å². The van der Waals surface area contributed by atoms with E-state index in [2.05, 4.69) is 16.3 Å². The Bertz CT molecular complexity index is 1100. The van der Waals surface area contributed by atoms with Gasteiger partial charge in [-0.25, -0.2) is 4.68 Å². The fraction of sp³-hybridized carbons (Fsp3) is 0.100. The summed E-state index contributed by atoms with van der Waals surface area (Å²) in [4.78, 5) is 14.3. The van der Waals surface area contributed by atoms with Crippen LogP contribution < -0.4 is 4.90 Å². The van der Waals surface area contributed by atoms with Crippen molar-refractivity contribution in [1.29, 1.82) is 0 Å². The normalized spacial score (nSPS) is 16.6. The molecule has 6 nitrogen and oxygen atoms in total. The van der Waals surface area contributed by atoms with Crippen molar-refractivity contribution in [2.45, 2.75) is 5.37 Å². The number of aromatic nitrogens is 4. The highest BCUT2D eigenvalue weighted by atomic mass is 32.2. The Kier molecular flexibility index (Phi) is 4.42. The SMILES string of the molecule is O=C1CSC(c2cc(-c3ccccc3)nn2-c2ccccc2)N1c1nncs1. The van der Waals surface area contributed by atoms with Gasteiger partial charge in [0.1, 0.15) is 10.9 Å². The van der Waals surface area contributed by atoms with Gasteiger partial charge in [-0.3, -0.25) is 9.69 Å². The summed E-state index contributed by atoms with van der Waals surface area (Å²) in [5, 5.41) is 13.3. The molecule has 1 aliphatic rings. The second kappa shape index (κ2) is 7.21. The fourth-order valence-electron chi connectivity index (χ4n) is 3.22. The van der Waals surface area contributed by atoms with Crippen LogP contribution >= 0.6 is 23.1 Å². The Morgan fingerprint density at radius 1 is 1.00 bits per heavy atom. The smallest absolute Gasteiger partial charge is 0.240 e. The zero-order valence-electron chi connectivity index (χ0n) is 14.7. The lowest BCUT2D eigenvalue weighted by Gasteiger charge is -2.21. The van der Waals surface area contributed by atoms with E-state index in [1.54, 1.807) is 22.2 Å². The Morgan fingerprint density at radius 3 is 2.46 bits per heavy atom. The highest BCUT2D eigenvalue weighted by Gasteiger charge is 2.38. The van der Waals surface area contributed by atoms with Crippen LogP contribution in [0.4, 0.5) is 5.13 Å². The molecular formula is C20H15N5OS2. The number of nitrogens with zero attached hydrogens (tertiary/aromatic N) is 5. The Hall–Kier alpha value is -2.97. The van der Waals surface area contributed by atoms with Crippen LogP contribution in [0.15, 0.2) is 72.2 Å². The third-order valence-electron chi connectivity index (χ3n) is 4.48. The molecule has 0 bridgehead atoms. The van der Waals surface area contributed by atoms with Crippen LogP contribution in [-0.4, -0.2) is 31.6 Å². The molecule has 1 atom stereocenters. The van der Waals surface area contributed by atoms with Crippen LogP contribution in [-0.2, 0) is 4.79 Å². The molecule has 1 saturated heterocycles. The maximum Gasteiger partial charge on any atom is 0.240 e. The molecule has 0 spiro atoms. The molecule has 138 valence electrons. The van der Waals surface area contributed by atoms with E-state index in [-0.39, 0.29) is 11.3 Å². The summed E-state index contributed by atoms with van der Waals surface area (Å²) in [6, 6.07) is 22.1. The third-order valence-corrected chi connectivity index (χ3v) is 6.35. The fourth-order valence-corrected chi connectivity index (χ4v) is 5.03. The van der Waals surface area contributed by atoms with Gasteiger partial charge in [-0.2, -0.15) is 5.10 Å². The summed E-state index contributed by atoms with van der Waals surface area (Å²) in [6.45, 7) is 0. The first-order valence-electron chi connectivity index (χ1n) is 8.72. The average Bonchev–Trinajstić information content (AvgIpc) is 3.48. The summed E-state index contributed by atoms with van der Waals surface area (Å²) in [5.74, 6) is 0.444. The van der Waals surface area contributed by atoms with Gasteiger partial charge in [-0.15, -0.1) is 22.0 Å². The molecule has 0 radical (unpaired) electrons. The second-order valence-corrected chi connectivity index (χ2v) is 8.10. The van der Waals surface area contributed by atoms with Crippen molar-refractivity contribution in [2.75, 3.05) is 10.7 Å². The predicted molar refractivity (Wildman–Crippen MR) is 112 cm³/mol. The summed E-state index contributed by atoms with van der Waals surface area (Å²) >= 11 is 2.95. The largest absolute Gasteiger partial charge is 0.273 e. The Labute approximate surface area is 169 Å². The first kappa shape index (κ1) is 17.2. The van der Waals surface area contributed by atoms with Gasteiger partial charge in [0.2, 0.25) is 11.0 Å². The van der Waals surface area contributed by atoms with E-state index >= 15 is 0 Å². The monoisotopic (exact) mass is 405 g/mol. The third kappa shape index (κ3) is 3.00.